The zero-order valence-electron chi connectivity index (χ0n) is 6.04. The number of hydrogen-bond acceptors (Lipinski definition) is 2. The fourth-order valence-corrected chi connectivity index (χ4v) is 0.601. The number of rotatable bonds is 4. The van der Waals surface area contributed by atoms with Gasteiger partial charge in [0, 0.05) is 6.42 Å². The third-order valence-corrected chi connectivity index (χ3v) is 1.26. The molecule has 0 bridgehead atoms. The highest BCUT2D eigenvalue weighted by atomic mass is 19.4. The van der Waals surface area contributed by atoms with E-state index < -0.39 is 31.5 Å². The summed E-state index contributed by atoms with van der Waals surface area (Å²) >= 11 is 0. The number of nitrogens with one attached hydrogen (secondary N) is 1. The van der Waals surface area contributed by atoms with Crippen molar-refractivity contribution in [1.82, 2.24) is 5.43 Å². The van der Waals surface area contributed by atoms with Gasteiger partial charge in [-0.2, -0.15) is 13.2 Å². The SMILES string of the molecule is NNC(CCC(F)(F)F)C(F)F. The Labute approximate surface area is 65.9 Å². The molecule has 0 rings (SSSR count). The van der Waals surface area contributed by atoms with Crippen LogP contribution in [-0.4, -0.2) is 18.6 Å². The number of nitrogens with two attached hydrogens (primary N) is 1. The molecule has 0 aromatic heterocycles. The lowest BCUT2D eigenvalue weighted by atomic mass is 10.2. The lowest BCUT2D eigenvalue weighted by molar-refractivity contribution is -0.138. The molecular weight excluding hydrogens is 183 g/mol. The third-order valence-electron chi connectivity index (χ3n) is 1.26. The maximum atomic E-state index is 11.8. The zero-order chi connectivity index (χ0) is 9.78. The average molecular weight is 192 g/mol. The zero-order valence-corrected chi connectivity index (χ0v) is 6.04. The Morgan fingerprint density at radius 1 is 1.25 bits per heavy atom. The summed E-state index contributed by atoms with van der Waals surface area (Å²) in [4.78, 5) is 0. The van der Waals surface area contributed by atoms with Gasteiger partial charge < -0.3 is 0 Å². The van der Waals surface area contributed by atoms with Gasteiger partial charge in [0.25, 0.3) is 6.43 Å². The van der Waals surface area contributed by atoms with Crippen molar-refractivity contribution in [1.29, 1.82) is 0 Å². The summed E-state index contributed by atoms with van der Waals surface area (Å²) < 4.78 is 58.0. The van der Waals surface area contributed by atoms with Crippen molar-refractivity contribution >= 4 is 0 Å². The lowest BCUT2D eigenvalue weighted by Gasteiger charge is -2.15. The minimum absolute atomic E-state index is 0.711. The van der Waals surface area contributed by atoms with Gasteiger partial charge >= 0.3 is 6.18 Å². The van der Waals surface area contributed by atoms with Crippen LogP contribution >= 0.6 is 0 Å². The standard InChI is InChI=1S/C5H9F5N2/c6-4(7)3(12-11)1-2-5(8,9)10/h3-4,12H,1-2,11H2. The van der Waals surface area contributed by atoms with Gasteiger partial charge in [0.2, 0.25) is 0 Å². The van der Waals surface area contributed by atoms with Crippen molar-refractivity contribution < 1.29 is 22.0 Å². The fourth-order valence-electron chi connectivity index (χ4n) is 0.601. The molecular formula is C5H9F5N2. The molecule has 74 valence electrons. The molecule has 1 unspecified atom stereocenters. The molecule has 12 heavy (non-hydrogen) atoms. The van der Waals surface area contributed by atoms with E-state index in [2.05, 4.69) is 5.84 Å². The predicted molar refractivity (Wildman–Crippen MR) is 32.4 cm³/mol. The van der Waals surface area contributed by atoms with E-state index in [-0.39, 0.29) is 0 Å². The molecule has 0 fully saturated rings. The van der Waals surface area contributed by atoms with Crippen LogP contribution in [0.1, 0.15) is 12.8 Å². The Hall–Kier alpha value is -0.430. The molecule has 0 aliphatic carbocycles. The van der Waals surface area contributed by atoms with Crippen molar-refractivity contribution in [3.8, 4) is 0 Å². The summed E-state index contributed by atoms with van der Waals surface area (Å²) in [6.45, 7) is 0. The van der Waals surface area contributed by atoms with Gasteiger partial charge in [0.05, 0.1) is 6.04 Å². The van der Waals surface area contributed by atoms with Gasteiger partial charge in [0.15, 0.2) is 0 Å². The largest absolute Gasteiger partial charge is 0.389 e. The van der Waals surface area contributed by atoms with Crippen LogP contribution in [-0.2, 0) is 0 Å². The van der Waals surface area contributed by atoms with Gasteiger partial charge in [-0.05, 0) is 6.42 Å². The van der Waals surface area contributed by atoms with E-state index in [0.29, 0.717) is 0 Å². The molecule has 0 spiro atoms. The average Bonchev–Trinajstić information content (AvgIpc) is 1.85. The summed E-state index contributed by atoms with van der Waals surface area (Å²) in [5.41, 5.74) is 1.62. The van der Waals surface area contributed by atoms with Crippen LogP contribution in [0.2, 0.25) is 0 Å². The van der Waals surface area contributed by atoms with Gasteiger partial charge in [0.1, 0.15) is 0 Å². The summed E-state index contributed by atoms with van der Waals surface area (Å²) in [7, 11) is 0. The Morgan fingerprint density at radius 2 is 1.75 bits per heavy atom. The first-order chi connectivity index (χ1) is 5.37. The first-order valence-electron chi connectivity index (χ1n) is 3.18. The first kappa shape index (κ1) is 11.6. The predicted octanol–water partition coefficient (Wildman–Crippen LogP) is 1.43. The molecule has 0 aromatic carbocycles. The van der Waals surface area contributed by atoms with Gasteiger partial charge in [-0.1, -0.05) is 0 Å². The molecule has 0 aliphatic heterocycles. The number of hydrazine groups is 1. The molecule has 2 nitrogen and oxygen atoms in total. The van der Waals surface area contributed by atoms with E-state index in [1.807, 2.05) is 0 Å². The van der Waals surface area contributed by atoms with E-state index >= 15 is 0 Å². The molecule has 0 saturated carbocycles. The fraction of sp³-hybridized carbons (Fsp3) is 1.00. The number of hydrogen-bond donors (Lipinski definition) is 2. The second-order valence-corrected chi connectivity index (χ2v) is 2.26. The molecule has 3 N–H and O–H groups in total. The molecule has 0 heterocycles. The lowest BCUT2D eigenvalue weighted by Crippen LogP contribution is -2.41. The highest BCUT2D eigenvalue weighted by Crippen LogP contribution is 2.23. The van der Waals surface area contributed by atoms with Crippen LogP contribution in [0.3, 0.4) is 0 Å². The summed E-state index contributed by atoms with van der Waals surface area (Å²) in [6, 6.07) is -1.59. The van der Waals surface area contributed by atoms with E-state index in [4.69, 9.17) is 0 Å². The number of alkyl halides is 5. The summed E-state index contributed by atoms with van der Waals surface area (Å²) in [5.74, 6) is 4.61. The van der Waals surface area contributed by atoms with Crippen LogP contribution in [0.15, 0.2) is 0 Å². The van der Waals surface area contributed by atoms with Crippen LogP contribution in [0, 0.1) is 0 Å². The van der Waals surface area contributed by atoms with Crippen LogP contribution in [0.4, 0.5) is 22.0 Å². The second kappa shape index (κ2) is 4.56. The van der Waals surface area contributed by atoms with E-state index in [9.17, 15) is 22.0 Å². The smallest absolute Gasteiger partial charge is 0.271 e. The normalized spacial score (nSPS) is 15.2. The van der Waals surface area contributed by atoms with Crippen LogP contribution in [0.5, 0.6) is 0 Å². The minimum Gasteiger partial charge on any atom is -0.271 e. The van der Waals surface area contributed by atoms with Crippen molar-refractivity contribution in [2.24, 2.45) is 5.84 Å². The highest BCUT2D eigenvalue weighted by Gasteiger charge is 2.30. The van der Waals surface area contributed by atoms with Crippen LogP contribution in [0.25, 0.3) is 0 Å². The molecule has 1 atom stereocenters. The molecule has 7 heteroatoms. The van der Waals surface area contributed by atoms with Crippen LogP contribution < -0.4 is 11.3 Å². The Bertz CT molecular complexity index is 123. The van der Waals surface area contributed by atoms with E-state index in [0.717, 1.165) is 0 Å². The van der Waals surface area contributed by atoms with Crippen molar-refractivity contribution in [3.05, 3.63) is 0 Å². The quantitative estimate of drug-likeness (QED) is 0.401. The van der Waals surface area contributed by atoms with Gasteiger partial charge in [-0.25, -0.2) is 8.78 Å². The molecule has 0 aromatic rings. The highest BCUT2D eigenvalue weighted by molar-refractivity contribution is 4.67. The van der Waals surface area contributed by atoms with E-state index in [1.165, 1.54) is 0 Å². The maximum absolute atomic E-state index is 11.8. The van der Waals surface area contributed by atoms with Gasteiger partial charge in [-0.3, -0.25) is 11.3 Å². The summed E-state index contributed by atoms with van der Waals surface area (Å²) in [5, 5.41) is 0. The molecule has 0 radical (unpaired) electrons. The van der Waals surface area contributed by atoms with Crippen molar-refractivity contribution in [3.63, 3.8) is 0 Å². The van der Waals surface area contributed by atoms with Crippen molar-refractivity contribution in [2.75, 3.05) is 0 Å². The molecule has 0 aliphatic rings. The maximum Gasteiger partial charge on any atom is 0.389 e. The molecule has 0 saturated heterocycles. The Morgan fingerprint density at radius 3 is 2.00 bits per heavy atom. The van der Waals surface area contributed by atoms with Crippen molar-refractivity contribution in [2.45, 2.75) is 31.5 Å². The van der Waals surface area contributed by atoms with Gasteiger partial charge in [-0.15, -0.1) is 0 Å². The minimum atomic E-state index is -4.41. The Balaban J connectivity index is 3.73. The monoisotopic (exact) mass is 192 g/mol. The Kier molecular flexibility index (Phi) is 4.40. The summed E-state index contributed by atoms with van der Waals surface area (Å²) in [6.07, 6.45) is -9.26. The first-order valence-corrected chi connectivity index (χ1v) is 3.18. The number of halogens is 5. The third kappa shape index (κ3) is 5.25. The second-order valence-electron chi connectivity index (χ2n) is 2.26. The molecule has 0 amide bonds. The van der Waals surface area contributed by atoms with E-state index in [1.54, 1.807) is 5.43 Å². The topological polar surface area (TPSA) is 38.0 Å².